The Bertz CT molecular complexity index is 983. The largest absolute Gasteiger partial charge is 0.342 e. The quantitative estimate of drug-likeness (QED) is 0.0324. The van der Waals surface area contributed by atoms with Crippen molar-refractivity contribution in [3.8, 4) is 6.07 Å². The summed E-state index contributed by atoms with van der Waals surface area (Å²) in [6.07, 6.45) is 8.87. The number of nitrogens with zero attached hydrogens (tertiary/aromatic N) is 4. The lowest BCUT2D eigenvalue weighted by molar-refractivity contribution is -0.133. The topological polar surface area (TPSA) is 105 Å². The summed E-state index contributed by atoms with van der Waals surface area (Å²) in [5, 5.41) is 8.99. The molecule has 0 radical (unpaired) electrons. The molecule has 0 spiro atoms. The Morgan fingerprint density at radius 2 is 1.87 bits per heavy atom. The van der Waals surface area contributed by atoms with E-state index in [1.807, 2.05) is 39.1 Å². The van der Waals surface area contributed by atoms with Crippen LogP contribution in [-0.4, -0.2) is 91.8 Å². The van der Waals surface area contributed by atoms with Crippen molar-refractivity contribution in [3.05, 3.63) is 35.4 Å². The first-order chi connectivity index (χ1) is 22.2. The first-order valence-corrected chi connectivity index (χ1v) is 18.8. The van der Waals surface area contributed by atoms with Gasteiger partial charge in [0.15, 0.2) is 23.0 Å². The fourth-order valence-corrected chi connectivity index (χ4v) is 7.08. The highest BCUT2D eigenvalue weighted by molar-refractivity contribution is 14.1. The summed E-state index contributed by atoms with van der Waals surface area (Å²) in [7, 11) is 2.07. The number of unbranched alkanes of at least 4 members (excludes halogenated alkanes) is 3. The second-order valence-electron chi connectivity index (χ2n) is 11.2. The van der Waals surface area contributed by atoms with Crippen LogP contribution in [-0.2, 0) is 28.4 Å². The molecule has 2 rings (SSSR count). The van der Waals surface area contributed by atoms with Crippen LogP contribution < -0.4 is 0 Å². The molecule has 12 heteroatoms. The third-order valence-corrected chi connectivity index (χ3v) is 10.2. The number of hydrogen-bond acceptors (Lipinski definition) is 9. The predicted octanol–water partition coefficient (Wildman–Crippen LogP) is 8.15. The molecule has 10 nitrogen and oxygen atoms in total. The number of benzene rings is 1. The molecule has 2 unspecified atom stereocenters. The maximum absolute atomic E-state index is 12.9. The van der Waals surface area contributed by atoms with Crippen molar-refractivity contribution in [2.45, 2.75) is 111 Å². The fraction of sp³-hybridized carbons (Fsp3) is 0.735. The van der Waals surface area contributed by atoms with Crippen LogP contribution in [0.25, 0.3) is 0 Å². The molecule has 46 heavy (non-hydrogen) atoms. The van der Waals surface area contributed by atoms with Gasteiger partial charge < -0.3 is 23.6 Å². The molecule has 1 saturated heterocycles. The predicted molar refractivity (Wildman–Crippen MR) is 195 cm³/mol. The van der Waals surface area contributed by atoms with Gasteiger partial charge in [0.2, 0.25) is 0 Å². The highest BCUT2D eigenvalue weighted by Gasteiger charge is 2.39. The van der Waals surface area contributed by atoms with Gasteiger partial charge in [0.25, 0.3) is 14.4 Å². The minimum Gasteiger partial charge on any atom is -0.342 e. The molecule has 1 aromatic carbocycles. The van der Waals surface area contributed by atoms with Crippen molar-refractivity contribution in [3.63, 3.8) is 0 Å². The lowest BCUT2D eigenvalue weighted by atomic mass is 9.90. The number of nitriles is 1. The van der Waals surface area contributed by atoms with Gasteiger partial charge >= 0.3 is 0 Å². The molecule has 1 aromatic rings. The van der Waals surface area contributed by atoms with E-state index in [0.717, 1.165) is 83.0 Å². The van der Waals surface area contributed by atoms with E-state index >= 15 is 0 Å². The average molecular weight is 779 g/mol. The molecule has 1 amide bonds. The van der Waals surface area contributed by atoms with Crippen LogP contribution in [0, 0.1) is 11.3 Å². The molecule has 1 fully saturated rings. The standard InChI is InChI=1S/C31H51N4O4P.C2H6.CH3IO2/c1-6-31(39-40(38-25-15-20-32)35(7-2)27(3)4)19-14-23-34(26-31)22-13-9-8-12-21-33(5)30(37)29-17-11-10-16-28(29)18-24-36;1-2;1-3-4-2/h10-11,16-17,24,27H,6-9,12-15,18-19,21-23,25-26H2,1-5H3;1-2H3;1H3. The van der Waals surface area contributed by atoms with E-state index in [1.54, 1.807) is 34.0 Å². The first-order valence-electron chi connectivity index (χ1n) is 16.8. The summed E-state index contributed by atoms with van der Waals surface area (Å²) in [5.41, 5.74) is 1.19. The van der Waals surface area contributed by atoms with E-state index in [9.17, 15) is 9.59 Å². The molecule has 1 aliphatic rings. The van der Waals surface area contributed by atoms with Crippen molar-refractivity contribution in [2.75, 3.05) is 53.5 Å². The molecule has 1 heterocycles. The number of hydrogen-bond donors (Lipinski definition) is 0. The van der Waals surface area contributed by atoms with Gasteiger partial charge in [-0.2, -0.15) is 8.48 Å². The maximum Gasteiger partial charge on any atom is 0.259 e. The molecule has 0 bridgehead atoms. The van der Waals surface area contributed by atoms with E-state index in [1.165, 1.54) is 7.11 Å². The Morgan fingerprint density at radius 3 is 2.46 bits per heavy atom. The van der Waals surface area contributed by atoms with Gasteiger partial charge in [0.1, 0.15) is 6.29 Å². The minimum absolute atomic E-state index is 0.0164. The first kappa shape index (κ1) is 44.8. The number of carbonyl (C=O) groups excluding carboxylic acids is 2. The zero-order valence-electron chi connectivity index (χ0n) is 29.6. The highest BCUT2D eigenvalue weighted by atomic mass is 127. The third-order valence-electron chi connectivity index (χ3n) is 7.76. The van der Waals surface area contributed by atoms with Gasteiger partial charge in [0, 0.05) is 44.7 Å². The van der Waals surface area contributed by atoms with Gasteiger partial charge in [-0.15, -0.1) is 0 Å². The van der Waals surface area contributed by atoms with E-state index in [-0.39, 0.29) is 17.9 Å². The number of amides is 1. The second kappa shape index (κ2) is 27.7. The third kappa shape index (κ3) is 17.3. The lowest BCUT2D eigenvalue weighted by Crippen LogP contribution is -2.49. The normalized spacial score (nSPS) is 16.9. The Balaban J connectivity index is 0.00000312. The summed E-state index contributed by atoms with van der Waals surface area (Å²) >= 11 is 1.63. The van der Waals surface area contributed by atoms with E-state index in [0.29, 0.717) is 31.2 Å². The van der Waals surface area contributed by atoms with E-state index in [4.69, 9.17) is 14.3 Å². The van der Waals surface area contributed by atoms with Gasteiger partial charge in [-0.3, -0.25) is 4.79 Å². The Morgan fingerprint density at radius 1 is 1.20 bits per heavy atom. The molecule has 0 aliphatic carbocycles. The average Bonchev–Trinajstić information content (AvgIpc) is 3.07. The highest BCUT2D eigenvalue weighted by Crippen LogP contribution is 2.50. The maximum atomic E-state index is 12.9. The summed E-state index contributed by atoms with van der Waals surface area (Å²) in [6, 6.07) is 9.86. The van der Waals surface area contributed by atoms with Crippen LogP contribution in [0.1, 0.15) is 109 Å². The molecular weight excluding hydrogens is 718 g/mol. The second-order valence-corrected chi connectivity index (χ2v) is 13.0. The number of aldehydes is 1. The summed E-state index contributed by atoms with van der Waals surface area (Å²) in [6.45, 7) is 17.7. The Labute approximate surface area is 295 Å². The van der Waals surface area contributed by atoms with Crippen molar-refractivity contribution < 1.29 is 26.7 Å². The molecule has 2 atom stereocenters. The van der Waals surface area contributed by atoms with Crippen LogP contribution in [0.4, 0.5) is 0 Å². The Kier molecular flexibility index (Phi) is 27.0. The summed E-state index contributed by atoms with van der Waals surface area (Å²) in [5.74, 6) is -0.0164. The number of rotatable bonds is 20. The van der Waals surface area contributed by atoms with Gasteiger partial charge in [-0.05, 0) is 70.7 Å². The van der Waals surface area contributed by atoms with Gasteiger partial charge in [-0.25, -0.2) is 9.56 Å². The van der Waals surface area contributed by atoms with Crippen LogP contribution >= 0.6 is 31.5 Å². The zero-order chi connectivity index (χ0) is 34.8. The van der Waals surface area contributed by atoms with Crippen LogP contribution in [0.15, 0.2) is 24.3 Å². The number of likely N-dealkylation sites (tertiary alicyclic amines) is 1. The molecule has 0 saturated carbocycles. The summed E-state index contributed by atoms with van der Waals surface area (Å²) in [4.78, 5) is 32.2. The Hall–Kier alpha value is -1.23. The molecule has 264 valence electrons. The number of carbonyl (C=O) groups is 2. The zero-order valence-corrected chi connectivity index (χ0v) is 32.7. The van der Waals surface area contributed by atoms with Crippen molar-refractivity contribution in [1.82, 2.24) is 14.5 Å². The lowest BCUT2D eigenvalue weighted by Gasteiger charge is -2.45. The minimum atomic E-state index is -1.22. The number of halogens is 1. The van der Waals surface area contributed by atoms with Crippen molar-refractivity contribution in [1.29, 1.82) is 5.26 Å². The number of piperidine rings is 1. The molecule has 0 N–H and O–H groups in total. The van der Waals surface area contributed by atoms with E-state index in [2.05, 4.69) is 51.4 Å². The fourth-order valence-electron chi connectivity index (χ4n) is 5.31. The van der Waals surface area contributed by atoms with Crippen LogP contribution in [0.5, 0.6) is 0 Å². The smallest absolute Gasteiger partial charge is 0.259 e. The summed E-state index contributed by atoms with van der Waals surface area (Å²) < 4.78 is 19.3. The van der Waals surface area contributed by atoms with Crippen LogP contribution in [0.3, 0.4) is 0 Å². The van der Waals surface area contributed by atoms with Crippen LogP contribution in [0.2, 0.25) is 0 Å². The van der Waals surface area contributed by atoms with Gasteiger partial charge in [0.05, 0.1) is 31.8 Å². The van der Waals surface area contributed by atoms with Gasteiger partial charge in [-0.1, -0.05) is 58.7 Å². The molecule has 1 aliphatic heterocycles. The van der Waals surface area contributed by atoms with Crippen molar-refractivity contribution >= 4 is 43.7 Å². The van der Waals surface area contributed by atoms with Crippen molar-refractivity contribution in [2.24, 2.45) is 0 Å². The van der Waals surface area contributed by atoms with E-state index < -0.39 is 8.53 Å². The molecular formula is C34H60IN4O6P. The molecule has 0 aromatic heterocycles. The monoisotopic (exact) mass is 778 g/mol. The SMILES string of the molecule is CC.CCN(C(C)C)P(OCCC#N)OC1(CC)CCCN(CCCCCCN(C)C(=O)c2ccccc2CC=O)C1.COOI.